The maximum Gasteiger partial charge on any atom is 0.144 e. The molecule has 23 heavy (non-hydrogen) atoms. The van der Waals surface area contributed by atoms with Gasteiger partial charge in [-0.05, 0) is 30.8 Å². The van der Waals surface area contributed by atoms with Gasteiger partial charge in [0.2, 0.25) is 0 Å². The number of nitrogens with one attached hydrogen (secondary N) is 1. The van der Waals surface area contributed by atoms with Gasteiger partial charge in [-0.2, -0.15) is 0 Å². The summed E-state index contributed by atoms with van der Waals surface area (Å²) in [5.41, 5.74) is 0.00931. The van der Waals surface area contributed by atoms with Crippen LogP contribution in [0.25, 0.3) is 0 Å². The van der Waals surface area contributed by atoms with Gasteiger partial charge in [0.1, 0.15) is 5.82 Å². The molecule has 1 spiro atoms. The van der Waals surface area contributed by atoms with Gasteiger partial charge in [0.15, 0.2) is 0 Å². The van der Waals surface area contributed by atoms with Gasteiger partial charge in [0.05, 0.1) is 24.4 Å². The van der Waals surface area contributed by atoms with Crippen LogP contribution in [0.15, 0.2) is 36.1 Å². The Morgan fingerprint density at radius 2 is 2.43 bits per heavy atom. The highest BCUT2D eigenvalue weighted by Gasteiger charge is 2.43. The SMILES string of the molecule is c1csc(CN2CCC[C@]3(C[C@@H](Nc4cnccn4)CO3)C2)c1. The molecule has 1 N–H and O–H groups in total. The summed E-state index contributed by atoms with van der Waals surface area (Å²) in [7, 11) is 0. The van der Waals surface area contributed by atoms with Gasteiger partial charge in [-0.1, -0.05) is 6.07 Å². The summed E-state index contributed by atoms with van der Waals surface area (Å²) in [4.78, 5) is 12.4. The number of thiophene rings is 1. The lowest BCUT2D eigenvalue weighted by Gasteiger charge is -2.39. The van der Waals surface area contributed by atoms with Gasteiger partial charge in [-0.25, -0.2) is 4.98 Å². The molecule has 2 atom stereocenters. The minimum absolute atomic E-state index is 0.00931. The van der Waals surface area contributed by atoms with E-state index in [1.807, 2.05) is 11.3 Å². The number of piperidine rings is 1. The second kappa shape index (κ2) is 6.55. The zero-order valence-electron chi connectivity index (χ0n) is 13.1. The third-order valence-electron chi connectivity index (χ3n) is 4.70. The molecule has 0 bridgehead atoms. The smallest absolute Gasteiger partial charge is 0.144 e. The van der Waals surface area contributed by atoms with E-state index in [0.717, 1.165) is 38.4 Å². The normalized spacial score (nSPS) is 28.3. The van der Waals surface area contributed by atoms with Crippen LogP contribution in [0.1, 0.15) is 24.1 Å². The molecule has 0 saturated carbocycles. The van der Waals surface area contributed by atoms with Crippen LogP contribution in [0.4, 0.5) is 5.82 Å². The molecule has 0 amide bonds. The summed E-state index contributed by atoms with van der Waals surface area (Å²) in [6.45, 7) is 4.00. The Balaban J connectivity index is 1.37. The highest BCUT2D eigenvalue weighted by atomic mass is 32.1. The second-order valence-corrected chi connectivity index (χ2v) is 7.56. The molecule has 0 radical (unpaired) electrons. The Kier molecular flexibility index (Phi) is 4.29. The van der Waals surface area contributed by atoms with Crippen molar-refractivity contribution in [3.05, 3.63) is 41.0 Å². The van der Waals surface area contributed by atoms with Crippen molar-refractivity contribution in [2.24, 2.45) is 0 Å². The third-order valence-corrected chi connectivity index (χ3v) is 5.56. The largest absolute Gasteiger partial charge is 0.371 e. The number of aromatic nitrogens is 2. The standard InChI is InChI=1S/C17H22N4OS/c1-3-15(23-8-1)11-21-7-2-4-17(13-21)9-14(12-22-17)20-16-10-18-5-6-19-16/h1,3,5-6,8,10,14H,2,4,7,9,11-13H2,(H,19,20)/t14-,17+/m1/s1. The van der Waals surface area contributed by atoms with E-state index in [2.05, 4.69) is 37.7 Å². The number of nitrogens with zero attached hydrogens (tertiary/aromatic N) is 3. The Hall–Kier alpha value is -1.50. The van der Waals surface area contributed by atoms with Crippen LogP contribution in [-0.4, -0.2) is 46.2 Å². The highest BCUT2D eigenvalue weighted by molar-refractivity contribution is 7.09. The molecular formula is C17H22N4OS. The summed E-state index contributed by atoms with van der Waals surface area (Å²) < 4.78 is 6.27. The molecule has 6 heteroatoms. The van der Waals surface area contributed by atoms with Gasteiger partial charge < -0.3 is 10.1 Å². The summed E-state index contributed by atoms with van der Waals surface area (Å²) in [6, 6.07) is 4.68. The Bertz CT molecular complexity index is 621. The topological polar surface area (TPSA) is 50.3 Å². The first-order valence-electron chi connectivity index (χ1n) is 8.23. The molecule has 2 aliphatic rings. The number of rotatable bonds is 4. The minimum atomic E-state index is 0.00931. The lowest BCUT2D eigenvalue weighted by molar-refractivity contribution is -0.0531. The molecule has 0 aliphatic carbocycles. The van der Waals surface area contributed by atoms with Crippen molar-refractivity contribution in [2.75, 3.05) is 25.0 Å². The van der Waals surface area contributed by atoms with Crippen molar-refractivity contribution in [1.29, 1.82) is 0 Å². The molecule has 2 saturated heterocycles. The average molecular weight is 330 g/mol. The fourth-order valence-electron chi connectivity index (χ4n) is 3.75. The van der Waals surface area contributed by atoms with E-state index >= 15 is 0 Å². The van der Waals surface area contributed by atoms with E-state index in [0.29, 0.717) is 6.04 Å². The minimum Gasteiger partial charge on any atom is -0.371 e. The molecule has 2 aliphatic heterocycles. The van der Waals surface area contributed by atoms with Gasteiger partial charge >= 0.3 is 0 Å². The van der Waals surface area contributed by atoms with Crippen LogP contribution in [-0.2, 0) is 11.3 Å². The van der Waals surface area contributed by atoms with Crippen molar-refractivity contribution in [3.63, 3.8) is 0 Å². The van der Waals surface area contributed by atoms with Crippen LogP contribution in [0.5, 0.6) is 0 Å². The zero-order chi connectivity index (χ0) is 15.5. The summed E-state index contributed by atoms with van der Waals surface area (Å²) in [6.07, 6.45) is 8.61. The fraction of sp³-hybridized carbons (Fsp3) is 0.529. The summed E-state index contributed by atoms with van der Waals surface area (Å²) >= 11 is 1.84. The molecular weight excluding hydrogens is 308 g/mol. The lowest BCUT2D eigenvalue weighted by Crippen LogP contribution is -2.47. The molecule has 5 nitrogen and oxygen atoms in total. The Morgan fingerprint density at radius 3 is 3.26 bits per heavy atom. The first kappa shape index (κ1) is 15.1. The average Bonchev–Trinajstić information content (AvgIpc) is 3.19. The molecule has 122 valence electrons. The van der Waals surface area contributed by atoms with Gasteiger partial charge in [-0.15, -0.1) is 11.3 Å². The zero-order valence-corrected chi connectivity index (χ0v) is 14.0. The molecule has 0 unspecified atom stereocenters. The monoisotopic (exact) mass is 330 g/mol. The van der Waals surface area contributed by atoms with E-state index in [4.69, 9.17) is 4.74 Å². The number of hydrogen-bond donors (Lipinski definition) is 1. The summed E-state index contributed by atoms with van der Waals surface area (Å²) in [5, 5.41) is 5.61. The number of anilines is 1. The van der Waals surface area contributed by atoms with Crippen LogP contribution in [0.2, 0.25) is 0 Å². The number of likely N-dealkylation sites (tertiary alicyclic amines) is 1. The van der Waals surface area contributed by atoms with Crippen LogP contribution in [0.3, 0.4) is 0 Å². The molecule has 0 aromatic carbocycles. The number of hydrogen-bond acceptors (Lipinski definition) is 6. The van der Waals surface area contributed by atoms with E-state index in [1.165, 1.54) is 17.8 Å². The van der Waals surface area contributed by atoms with Crippen LogP contribution < -0.4 is 5.32 Å². The second-order valence-electron chi connectivity index (χ2n) is 6.52. The van der Waals surface area contributed by atoms with Crippen molar-refractivity contribution in [3.8, 4) is 0 Å². The van der Waals surface area contributed by atoms with E-state index in [1.54, 1.807) is 18.6 Å². The maximum atomic E-state index is 6.27. The quantitative estimate of drug-likeness (QED) is 0.934. The van der Waals surface area contributed by atoms with Crippen LogP contribution >= 0.6 is 11.3 Å². The molecule has 4 heterocycles. The van der Waals surface area contributed by atoms with Crippen molar-refractivity contribution < 1.29 is 4.74 Å². The van der Waals surface area contributed by atoms with Crippen molar-refractivity contribution in [2.45, 2.75) is 37.5 Å². The number of ether oxygens (including phenoxy) is 1. The molecule has 4 rings (SSSR count). The third kappa shape index (κ3) is 3.54. The maximum absolute atomic E-state index is 6.27. The predicted octanol–water partition coefficient (Wildman–Crippen LogP) is 2.77. The summed E-state index contributed by atoms with van der Waals surface area (Å²) in [5.74, 6) is 0.837. The fourth-order valence-corrected chi connectivity index (χ4v) is 4.50. The first-order valence-corrected chi connectivity index (χ1v) is 9.11. The Labute approximate surface area is 140 Å². The van der Waals surface area contributed by atoms with Crippen molar-refractivity contribution >= 4 is 17.2 Å². The molecule has 2 aromatic heterocycles. The predicted molar refractivity (Wildman–Crippen MR) is 91.6 cm³/mol. The Morgan fingerprint density at radius 1 is 1.43 bits per heavy atom. The van der Waals surface area contributed by atoms with Gasteiger partial charge in [-0.3, -0.25) is 9.88 Å². The van der Waals surface area contributed by atoms with Crippen molar-refractivity contribution in [1.82, 2.24) is 14.9 Å². The highest BCUT2D eigenvalue weighted by Crippen LogP contribution is 2.36. The van der Waals surface area contributed by atoms with Crippen LogP contribution in [0, 0.1) is 0 Å². The van der Waals surface area contributed by atoms with Gasteiger partial charge in [0.25, 0.3) is 0 Å². The van der Waals surface area contributed by atoms with E-state index in [-0.39, 0.29) is 5.60 Å². The first-order chi connectivity index (χ1) is 11.3. The van der Waals surface area contributed by atoms with E-state index in [9.17, 15) is 0 Å². The molecule has 2 aromatic rings. The molecule has 2 fully saturated rings. The van der Waals surface area contributed by atoms with E-state index < -0.39 is 0 Å². The lowest BCUT2D eigenvalue weighted by atomic mass is 9.88. The van der Waals surface area contributed by atoms with Gasteiger partial charge in [0, 0.05) is 36.8 Å².